The summed E-state index contributed by atoms with van der Waals surface area (Å²) in [5.41, 5.74) is 4.40. The van der Waals surface area contributed by atoms with E-state index in [9.17, 15) is 9.00 Å². The zero-order valence-electron chi connectivity index (χ0n) is 20.7. The zero-order chi connectivity index (χ0) is 24.5. The second-order valence-electron chi connectivity index (χ2n) is 10.5. The van der Waals surface area contributed by atoms with E-state index < -0.39 is 10.8 Å². The predicted octanol–water partition coefficient (Wildman–Crippen LogP) is 4.91. The lowest BCUT2D eigenvalue weighted by molar-refractivity contribution is 0.0941. The maximum absolute atomic E-state index is 13.3. The normalized spacial score (nSPS) is 25.6. The maximum Gasteiger partial charge on any atom is 0.176 e. The van der Waals surface area contributed by atoms with Crippen LogP contribution in [0.15, 0.2) is 84.9 Å². The molecule has 186 valence electrons. The first-order valence-corrected chi connectivity index (χ1v) is 14.6. The first-order chi connectivity index (χ1) is 17.6. The summed E-state index contributed by atoms with van der Waals surface area (Å²) in [5, 5.41) is 0.0736. The molecule has 3 atom stereocenters. The number of likely N-dealkylation sites (tertiary alicyclic amines) is 1. The Morgan fingerprint density at radius 1 is 0.833 bits per heavy atom. The molecule has 3 unspecified atom stereocenters. The summed E-state index contributed by atoms with van der Waals surface area (Å²) in [5.74, 6) is 1.06. The van der Waals surface area contributed by atoms with Gasteiger partial charge in [-0.05, 0) is 54.7 Å². The van der Waals surface area contributed by atoms with Gasteiger partial charge in [-0.15, -0.1) is 0 Å². The van der Waals surface area contributed by atoms with E-state index in [1.807, 2.05) is 12.1 Å². The summed E-state index contributed by atoms with van der Waals surface area (Å²) in [6.07, 6.45) is 3.36. The third-order valence-electron chi connectivity index (χ3n) is 8.62. The van der Waals surface area contributed by atoms with Crippen LogP contribution in [0.25, 0.3) is 0 Å². The lowest BCUT2D eigenvalue weighted by atomic mass is 9.63. The molecule has 3 aromatic rings. The van der Waals surface area contributed by atoms with E-state index in [2.05, 4.69) is 82.6 Å². The SMILES string of the molecule is O=C(CN1CC2C(C1)C(c1ccccc1)(c1ccccc1)CCS2=O)c1ccc(N2CCCC2)cc1. The highest BCUT2D eigenvalue weighted by Gasteiger charge is 2.54. The van der Waals surface area contributed by atoms with Crippen LogP contribution in [0.3, 0.4) is 0 Å². The maximum atomic E-state index is 13.3. The number of ketones is 1. The fourth-order valence-corrected chi connectivity index (χ4v) is 8.69. The highest BCUT2D eigenvalue weighted by atomic mass is 32.2. The first kappa shape index (κ1) is 23.6. The number of Topliss-reactive ketones (excluding diaryl/α,β-unsaturated/α-hetero) is 1. The molecule has 36 heavy (non-hydrogen) atoms. The lowest BCUT2D eigenvalue weighted by Crippen LogP contribution is -2.49. The number of carbonyl (C=O) groups excluding carboxylic acids is 1. The molecular weight excluding hydrogens is 464 g/mol. The van der Waals surface area contributed by atoms with Gasteiger partial charge < -0.3 is 4.90 Å². The molecule has 6 rings (SSSR count). The van der Waals surface area contributed by atoms with E-state index in [-0.39, 0.29) is 22.4 Å². The first-order valence-electron chi connectivity index (χ1n) is 13.2. The smallest absolute Gasteiger partial charge is 0.176 e. The van der Waals surface area contributed by atoms with E-state index >= 15 is 0 Å². The van der Waals surface area contributed by atoms with Gasteiger partial charge in [0.05, 0.1) is 11.8 Å². The summed E-state index contributed by atoms with van der Waals surface area (Å²) in [6.45, 7) is 4.10. The van der Waals surface area contributed by atoms with Crippen LogP contribution < -0.4 is 4.90 Å². The summed E-state index contributed by atoms with van der Waals surface area (Å²) < 4.78 is 13.3. The molecule has 3 saturated heterocycles. The molecule has 0 spiro atoms. The Hall–Kier alpha value is -2.76. The average Bonchev–Trinajstić information content (AvgIpc) is 3.62. The molecule has 3 aliphatic heterocycles. The van der Waals surface area contributed by atoms with Gasteiger partial charge in [0.2, 0.25) is 0 Å². The number of carbonyl (C=O) groups is 1. The van der Waals surface area contributed by atoms with Crippen LogP contribution in [-0.2, 0) is 16.2 Å². The zero-order valence-corrected chi connectivity index (χ0v) is 21.5. The number of hydrogen-bond acceptors (Lipinski definition) is 4. The largest absolute Gasteiger partial charge is 0.372 e. The topological polar surface area (TPSA) is 40.6 Å². The Labute approximate surface area is 216 Å². The van der Waals surface area contributed by atoms with Crippen LogP contribution >= 0.6 is 0 Å². The van der Waals surface area contributed by atoms with Gasteiger partial charge >= 0.3 is 0 Å². The van der Waals surface area contributed by atoms with Crippen molar-refractivity contribution in [2.75, 3.05) is 43.4 Å². The summed E-state index contributed by atoms with van der Waals surface area (Å²) in [6, 6.07) is 29.6. The van der Waals surface area contributed by atoms with Gasteiger partial charge in [-0.3, -0.25) is 13.9 Å². The highest BCUT2D eigenvalue weighted by molar-refractivity contribution is 7.85. The summed E-state index contributed by atoms with van der Waals surface area (Å²) >= 11 is 0. The van der Waals surface area contributed by atoms with Crippen molar-refractivity contribution in [2.24, 2.45) is 5.92 Å². The van der Waals surface area contributed by atoms with Gasteiger partial charge in [0.1, 0.15) is 0 Å². The van der Waals surface area contributed by atoms with Crippen LogP contribution in [0.1, 0.15) is 40.7 Å². The molecular formula is C31H34N2O2S. The molecule has 3 fully saturated rings. The van der Waals surface area contributed by atoms with E-state index in [1.54, 1.807) is 0 Å². The summed E-state index contributed by atoms with van der Waals surface area (Å²) in [7, 11) is -0.883. The number of nitrogens with zero attached hydrogens (tertiary/aromatic N) is 2. The third kappa shape index (κ3) is 4.22. The monoisotopic (exact) mass is 498 g/mol. The van der Waals surface area contributed by atoms with Gasteiger partial charge in [-0.25, -0.2) is 0 Å². The average molecular weight is 499 g/mol. The van der Waals surface area contributed by atoms with Crippen LogP contribution in [-0.4, -0.2) is 58.6 Å². The quantitative estimate of drug-likeness (QED) is 0.453. The molecule has 0 radical (unpaired) electrons. The standard InChI is InChI=1S/C31H34N2O2S/c34-29(24-13-15-27(16-14-24)33-18-7-8-19-33)22-32-21-28-30(23-32)36(35)20-17-31(28,25-9-3-1-4-10-25)26-11-5-2-6-12-26/h1-6,9-16,28,30H,7-8,17-23H2. The molecule has 3 aliphatic rings. The Balaban J connectivity index is 1.26. The Kier molecular flexibility index (Phi) is 6.53. The molecule has 5 heteroatoms. The number of anilines is 1. The van der Waals surface area contributed by atoms with Crippen LogP contribution in [0, 0.1) is 5.92 Å². The van der Waals surface area contributed by atoms with E-state index in [0.29, 0.717) is 12.3 Å². The Morgan fingerprint density at radius 3 is 2.06 bits per heavy atom. The molecule has 0 aliphatic carbocycles. The second kappa shape index (κ2) is 9.95. The predicted molar refractivity (Wildman–Crippen MR) is 147 cm³/mol. The molecule has 0 N–H and O–H groups in total. The van der Waals surface area contributed by atoms with E-state index in [0.717, 1.165) is 38.2 Å². The molecule has 3 aromatic carbocycles. The van der Waals surface area contributed by atoms with Crippen LogP contribution in [0.2, 0.25) is 0 Å². The fourth-order valence-electron chi connectivity index (χ4n) is 6.80. The van der Waals surface area contributed by atoms with Crippen molar-refractivity contribution in [2.45, 2.75) is 29.9 Å². The van der Waals surface area contributed by atoms with Crippen LogP contribution in [0.5, 0.6) is 0 Å². The van der Waals surface area contributed by atoms with Gasteiger partial charge in [0, 0.05) is 65.3 Å². The molecule has 4 nitrogen and oxygen atoms in total. The summed E-state index contributed by atoms with van der Waals surface area (Å²) in [4.78, 5) is 17.9. The Bertz CT molecular complexity index is 1180. The van der Waals surface area contributed by atoms with Crippen molar-refractivity contribution in [1.29, 1.82) is 0 Å². The van der Waals surface area contributed by atoms with Crippen LogP contribution in [0.4, 0.5) is 5.69 Å². The van der Waals surface area contributed by atoms with Gasteiger partial charge in [-0.2, -0.15) is 0 Å². The minimum absolute atomic E-state index is 0.0736. The van der Waals surface area contributed by atoms with Crippen molar-refractivity contribution in [3.8, 4) is 0 Å². The van der Waals surface area contributed by atoms with Crippen molar-refractivity contribution < 1.29 is 9.00 Å². The molecule has 3 heterocycles. The van der Waals surface area contributed by atoms with Crippen molar-refractivity contribution in [1.82, 2.24) is 4.90 Å². The second-order valence-corrected chi connectivity index (χ2v) is 12.3. The van der Waals surface area contributed by atoms with E-state index in [4.69, 9.17) is 0 Å². The van der Waals surface area contributed by atoms with Crippen molar-refractivity contribution >= 4 is 22.3 Å². The minimum atomic E-state index is -0.883. The highest BCUT2D eigenvalue weighted by Crippen LogP contribution is 2.50. The number of fused-ring (bicyclic) bond motifs is 1. The molecule has 0 bridgehead atoms. The Morgan fingerprint density at radius 2 is 1.44 bits per heavy atom. The van der Waals surface area contributed by atoms with Gasteiger partial charge in [0.25, 0.3) is 0 Å². The van der Waals surface area contributed by atoms with Gasteiger partial charge in [-0.1, -0.05) is 60.7 Å². The number of benzene rings is 3. The molecule has 0 saturated carbocycles. The van der Waals surface area contributed by atoms with Crippen molar-refractivity contribution in [3.63, 3.8) is 0 Å². The fraction of sp³-hybridized carbons (Fsp3) is 0.387. The van der Waals surface area contributed by atoms with E-state index in [1.165, 1.54) is 29.7 Å². The lowest BCUT2D eigenvalue weighted by Gasteiger charge is -2.46. The third-order valence-corrected chi connectivity index (χ3v) is 10.4. The number of rotatable bonds is 6. The minimum Gasteiger partial charge on any atom is -0.372 e. The van der Waals surface area contributed by atoms with Gasteiger partial charge in [0.15, 0.2) is 5.78 Å². The van der Waals surface area contributed by atoms with Crippen molar-refractivity contribution in [3.05, 3.63) is 102 Å². The molecule has 0 aromatic heterocycles. The number of hydrogen-bond donors (Lipinski definition) is 0. The molecule has 0 amide bonds.